The molecule has 0 saturated heterocycles. The molecular formula is C14H20O. The van der Waals surface area contributed by atoms with Gasteiger partial charge in [-0.3, -0.25) is 0 Å². The van der Waals surface area contributed by atoms with Crippen molar-refractivity contribution in [2.24, 2.45) is 0 Å². The average Bonchev–Trinajstić information content (AvgIpc) is 2.15. The van der Waals surface area contributed by atoms with Crippen LogP contribution in [-0.4, -0.2) is 10.7 Å². The quantitative estimate of drug-likeness (QED) is 0.745. The number of fused-ring (bicyclic) bond motifs is 1. The van der Waals surface area contributed by atoms with Crippen LogP contribution < -0.4 is 0 Å². The van der Waals surface area contributed by atoms with Crippen molar-refractivity contribution in [2.75, 3.05) is 0 Å². The molecule has 1 aliphatic carbocycles. The summed E-state index contributed by atoms with van der Waals surface area (Å²) in [7, 11) is 0. The summed E-state index contributed by atoms with van der Waals surface area (Å²) in [5, 5.41) is 10.00. The summed E-state index contributed by atoms with van der Waals surface area (Å²) in [6.07, 6.45) is 2.71. The summed E-state index contributed by atoms with van der Waals surface area (Å²) in [6.45, 7) is 6.38. The van der Waals surface area contributed by atoms with E-state index in [1.807, 2.05) is 6.92 Å². The van der Waals surface area contributed by atoms with Gasteiger partial charge >= 0.3 is 0 Å². The number of rotatable bonds is 1. The van der Waals surface area contributed by atoms with Crippen molar-refractivity contribution in [3.8, 4) is 0 Å². The van der Waals surface area contributed by atoms with Gasteiger partial charge in [-0.15, -0.1) is 0 Å². The van der Waals surface area contributed by atoms with Crippen LogP contribution in [0.25, 0.3) is 0 Å². The first-order valence-corrected chi connectivity index (χ1v) is 5.82. The molecule has 2 rings (SSSR count). The lowest BCUT2D eigenvalue weighted by molar-refractivity contribution is 0.0458. The Morgan fingerprint density at radius 3 is 2.67 bits per heavy atom. The largest absolute Gasteiger partial charge is 0.390 e. The first kappa shape index (κ1) is 10.7. The normalized spacial score (nSPS) is 25.4. The summed E-state index contributed by atoms with van der Waals surface area (Å²) >= 11 is 0. The lowest BCUT2D eigenvalue weighted by Crippen LogP contribution is -2.32. The monoisotopic (exact) mass is 204 g/mol. The summed E-state index contributed by atoms with van der Waals surface area (Å²) in [4.78, 5) is 0. The number of hydrogen-bond acceptors (Lipinski definition) is 1. The summed E-state index contributed by atoms with van der Waals surface area (Å²) < 4.78 is 0. The fourth-order valence-corrected chi connectivity index (χ4v) is 2.31. The van der Waals surface area contributed by atoms with E-state index in [0.717, 1.165) is 19.3 Å². The third-order valence-electron chi connectivity index (χ3n) is 3.40. The van der Waals surface area contributed by atoms with Crippen molar-refractivity contribution in [3.63, 3.8) is 0 Å². The van der Waals surface area contributed by atoms with Crippen LogP contribution in [0.2, 0.25) is 0 Å². The van der Waals surface area contributed by atoms with E-state index < -0.39 is 5.60 Å². The molecule has 0 bridgehead atoms. The number of hydrogen-bond donors (Lipinski definition) is 1. The highest BCUT2D eigenvalue weighted by molar-refractivity contribution is 5.36. The van der Waals surface area contributed by atoms with Crippen LogP contribution in [0.1, 0.15) is 49.8 Å². The zero-order chi connectivity index (χ0) is 11.1. The molecule has 0 radical (unpaired) electrons. The Morgan fingerprint density at radius 1 is 1.27 bits per heavy atom. The van der Waals surface area contributed by atoms with Gasteiger partial charge < -0.3 is 5.11 Å². The molecule has 1 atom stereocenters. The topological polar surface area (TPSA) is 20.2 Å². The molecule has 0 heterocycles. The first-order chi connectivity index (χ1) is 6.98. The second-order valence-electron chi connectivity index (χ2n) is 5.36. The summed E-state index contributed by atoms with van der Waals surface area (Å²) in [6, 6.07) is 6.71. The molecule has 1 nitrogen and oxygen atoms in total. The minimum atomic E-state index is -0.494. The standard InChI is InChI=1S/C14H20O/c1-10(2)11-4-5-13-9-14(3,15)7-6-12(13)8-11/h4-5,8,10,15H,6-7,9H2,1-3H3. The van der Waals surface area contributed by atoms with Gasteiger partial charge in [0, 0.05) is 6.42 Å². The Hall–Kier alpha value is -0.820. The molecule has 0 aliphatic heterocycles. The molecule has 1 heteroatoms. The molecule has 0 spiro atoms. The van der Waals surface area contributed by atoms with E-state index in [0.29, 0.717) is 5.92 Å². The van der Waals surface area contributed by atoms with Crippen LogP contribution in [0.4, 0.5) is 0 Å². The molecule has 1 aromatic rings. The number of aryl methyl sites for hydroxylation is 1. The molecule has 0 fully saturated rings. The van der Waals surface area contributed by atoms with E-state index in [1.165, 1.54) is 16.7 Å². The first-order valence-electron chi connectivity index (χ1n) is 5.82. The van der Waals surface area contributed by atoms with Gasteiger partial charge in [-0.2, -0.15) is 0 Å². The fourth-order valence-electron chi connectivity index (χ4n) is 2.31. The van der Waals surface area contributed by atoms with Gasteiger partial charge in [-0.25, -0.2) is 0 Å². The van der Waals surface area contributed by atoms with Crippen LogP contribution in [0.15, 0.2) is 18.2 Å². The second kappa shape index (κ2) is 3.64. The van der Waals surface area contributed by atoms with E-state index in [2.05, 4.69) is 32.0 Å². The van der Waals surface area contributed by atoms with Crippen LogP contribution in [0.3, 0.4) is 0 Å². The highest BCUT2D eigenvalue weighted by atomic mass is 16.3. The van der Waals surface area contributed by atoms with Gasteiger partial charge in [-0.05, 0) is 42.4 Å². The van der Waals surface area contributed by atoms with Crippen LogP contribution in [-0.2, 0) is 12.8 Å². The van der Waals surface area contributed by atoms with E-state index in [1.54, 1.807) is 0 Å². The van der Waals surface area contributed by atoms with Gasteiger partial charge in [0.05, 0.1) is 5.60 Å². The highest BCUT2D eigenvalue weighted by Gasteiger charge is 2.27. The van der Waals surface area contributed by atoms with Gasteiger partial charge in [0.25, 0.3) is 0 Å². The molecule has 1 aromatic carbocycles. The Balaban J connectivity index is 2.32. The van der Waals surface area contributed by atoms with E-state index in [9.17, 15) is 5.11 Å². The zero-order valence-electron chi connectivity index (χ0n) is 9.88. The van der Waals surface area contributed by atoms with E-state index in [4.69, 9.17) is 0 Å². The van der Waals surface area contributed by atoms with E-state index >= 15 is 0 Å². The molecule has 1 aliphatic rings. The SMILES string of the molecule is CC(C)c1ccc2c(c1)CCC(C)(O)C2. The average molecular weight is 204 g/mol. The van der Waals surface area contributed by atoms with Crippen LogP contribution in [0, 0.1) is 0 Å². The fraction of sp³-hybridized carbons (Fsp3) is 0.571. The highest BCUT2D eigenvalue weighted by Crippen LogP contribution is 2.30. The Labute approximate surface area is 92.1 Å². The smallest absolute Gasteiger partial charge is 0.0663 e. The predicted molar refractivity (Wildman–Crippen MR) is 63.2 cm³/mol. The van der Waals surface area contributed by atoms with E-state index in [-0.39, 0.29) is 0 Å². The molecule has 1 unspecified atom stereocenters. The molecule has 15 heavy (non-hydrogen) atoms. The van der Waals surface area contributed by atoms with Crippen LogP contribution in [0.5, 0.6) is 0 Å². The maximum absolute atomic E-state index is 10.00. The van der Waals surface area contributed by atoms with Crippen molar-refractivity contribution in [3.05, 3.63) is 34.9 Å². The molecular weight excluding hydrogens is 184 g/mol. The molecule has 82 valence electrons. The second-order valence-corrected chi connectivity index (χ2v) is 5.36. The minimum absolute atomic E-state index is 0.494. The van der Waals surface area contributed by atoms with Gasteiger partial charge in [-0.1, -0.05) is 32.0 Å². The Kier molecular flexibility index (Phi) is 2.59. The van der Waals surface area contributed by atoms with Gasteiger partial charge in [0.15, 0.2) is 0 Å². The Bertz CT molecular complexity index is 364. The molecule has 0 amide bonds. The molecule has 0 saturated carbocycles. The van der Waals surface area contributed by atoms with Crippen LogP contribution >= 0.6 is 0 Å². The summed E-state index contributed by atoms with van der Waals surface area (Å²) in [5.74, 6) is 0.595. The van der Waals surface area contributed by atoms with Gasteiger partial charge in [0.1, 0.15) is 0 Å². The minimum Gasteiger partial charge on any atom is -0.390 e. The van der Waals surface area contributed by atoms with Crippen molar-refractivity contribution in [1.82, 2.24) is 0 Å². The van der Waals surface area contributed by atoms with Gasteiger partial charge in [0.2, 0.25) is 0 Å². The number of aliphatic hydroxyl groups is 1. The molecule has 0 aromatic heterocycles. The predicted octanol–water partition coefficient (Wildman–Crippen LogP) is 3.05. The van der Waals surface area contributed by atoms with Crippen molar-refractivity contribution in [1.29, 1.82) is 0 Å². The summed E-state index contributed by atoms with van der Waals surface area (Å²) in [5.41, 5.74) is 3.69. The Morgan fingerprint density at radius 2 is 2.00 bits per heavy atom. The van der Waals surface area contributed by atoms with Crippen molar-refractivity contribution in [2.45, 2.75) is 51.6 Å². The zero-order valence-corrected chi connectivity index (χ0v) is 9.88. The third-order valence-corrected chi connectivity index (χ3v) is 3.40. The maximum atomic E-state index is 10.00. The lowest BCUT2D eigenvalue weighted by Gasteiger charge is -2.30. The maximum Gasteiger partial charge on any atom is 0.0663 e. The lowest BCUT2D eigenvalue weighted by atomic mass is 9.80. The third kappa shape index (κ3) is 2.23. The van der Waals surface area contributed by atoms with Crippen molar-refractivity contribution >= 4 is 0 Å². The number of benzene rings is 1. The molecule has 1 N–H and O–H groups in total. The van der Waals surface area contributed by atoms with Crippen molar-refractivity contribution < 1.29 is 5.11 Å².